The summed E-state index contributed by atoms with van der Waals surface area (Å²) in [6, 6.07) is -1.54. The number of carbonyl (C=O) groups excluding carboxylic acids is 4. The molecule has 4 aliphatic carbocycles. The molecule has 0 spiro atoms. The number of hydrogen-bond donors (Lipinski definition) is 3. The highest BCUT2D eigenvalue weighted by molar-refractivity contribution is 5.88. The second kappa shape index (κ2) is 10.0. The van der Waals surface area contributed by atoms with Crippen molar-refractivity contribution < 1.29 is 23.9 Å². The molecule has 1 saturated heterocycles. The standard InChI is InChI=1S/C25H39N3O5/c1-15(2)5-21(23(31)27-20(13-29)9-19-3-4-26-22(19)30)28-24(32)33-14-25-10-16-6-17(11-25)8-18(7-16)12-25/h13,15-21H,3-12,14H2,1-2H3,(H,26,30)(H,27,31)(H,28,32)/t16?,17?,18?,19-,20+,21+,25?/m1/s1. The SMILES string of the molecule is CC(C)C[C@H](NC(=O)OCC12CC3CC(CC(C3)C1)C2)C(=O)N[C@H](C=O)C[C@H]1CCNC1=O. The van der Waals surface area contributed by atoms with E-state index < -0.39 is 24.1 Å². The Hall–Kier alpha value is -2.12. The van der Waals surface area contributed by atoms with Gasteiger partial charge in [-0.15, -0.1) is 0 Å². The zero-order valence-electron chi connectivity index (χ0n) is 19.9. The molecule has 5 aliphatic rings. The summed E-state index contributed by atoms with van der Waals surface area (Å²) in [5.41, 5.74) is 0.117. The third-order valence-electron chi connectivity index (χ3n) is 8.18. The van der Waals surface area contributed by atoms with Crippen molar-refractivity contribution in [3.63, 3.8) is 0 Å². The summed E-state index contributed by atoms with van der Waals surface area (Å²) in [6.07, 6.45) is 8.93. The first-order valence-corrected chi connectivity index (χ1v) is 12.7. The summed E-state index contributed by atoms with van der Waals surface area (Å²) in [6.45, 7) is 4.97. The lowest BCUT2D eigenvalue weighted by atomic mass is 9.50. The average molecular weight is 462 g/mol. The Kier molecular flexibility index (Phi) is 7.29. The molecule has 184 valence electrons. The van der Waals surface area contributed by atoms with Crippen molar-refractivity contribution in [3.05, 3.63) is 0 Å². The summed E-state index contributed by atoms with van der Waals surface area (Å²) < 4.78 is 5.69. The summed E-state index contributed by atoms with van der Waals surface area (Å²) in [4.78, 5) is 49.0. The van der Waals surface area contributed by atoms with Gasteiger partial charge >= 0.3 is 6.09 Å². The number of ether oxygens (including phenoxy) is 1. The molecular weight excluding hydrogens is 422 g/mol. The van der Waals surface area contributed by atoms with Gasteiger partial charge in [0.1, 0.15) is 12.3 Å². The van der Waals surface area contributed by atoms with Crippen LogP contribution >= 0.6 is 0 Å². The van der Waals surface area contributed by atoms with Gasteiger partial charge in [-0.25, -0.2) is 4.79 Å². The van der Waals surface area contributed by atoms with Crippen LogP contribution in [0, 0.1) is 35.0 Å². The van der Waals surface area contributed by atoms with Crippen LogP contribution in [0.5, 0.6) is 0 Å². The number of aldehydes is 1. The molecule has 3 amide bonds. The van der Waals surface area contributed by atoms with Gasteiger partial charge in [0.2, 0.25) is 11.8 Å². The van der Waals surface area contributed by atoms with Crippen molar-refractivity contribution in [2.45, 2.75) is 83.7 Å². The number of hydrogen-bond acceptors (Lipinski definition) is 5. The predicted octanol–water partition coefficient (Wildman–Crippen LogP) is 2.55. The molecule has 3 atom stereocenters. The summed E-state index contributed by atoms with van der Waals surface area (Å²) in [5.74, 6) is 1.74. The molecule has 0 radical (unpaired) electrons. The first-order chi connectivity index (χ1) is 15.7. The van der Waals surface area contributed by atoms with Gasteiger partial charge < -0.3 is 25.5 Å². The Labute approximate surface area is 196 Å². The van der Waals surface area contributed by atoms with Gasteiger partial charge in [-0.3, -0.25) is 9.59 Å². The third kappa shape index (κ3) is 5.87. The molecule has 4 bridgehead atoms. The Balaban J connectivity index is 1.30. The van der Waals surface area contributed by atoms with Gasteiger partial charge in [-0.1, -0.05) is 13.8 Å². The highest BCUT2D eigenvalue weighted by atomic mass is 16.5. The maximum Gasteiger partial charge on any atom is 0.407 e. The maximum atomic E-state index is 12.9. The van der Waals surface area contributed by atoms with E-state index >= 15 is 0 Å². The molecule has 5 rings (SSSR count). The molecule has 0 aromatic rings. The van der Waals surface area contributed by atoms with Crippen LogP contribution in [-0.2, 0) is 19.1 Å². The van der Waals surface area contributed by atoms with E-state index in [4.69, 9.17) is 4.74 Å². The van der Waals surface area contributed by atoms with Gasteiger partial charge in [0.25, 0.3) is 0 Å². The lowest BCUT2D eigenvalue weighted by Crippen LogP contribution is -2.52. The second-order valence-electron chi connectivity index (χ2n) is 11.6. The van der Waals surface area contributed by atoms with Crippen LogP contribution < -0.4 is 16.0 Å². The number of amides is 3. The second-order valence-corrected chi connectivity index (χ2v) is 11.6. The van der Waals surface area contributed by atoms with Crippen molar-refractivity contribution in [1.29, 1.82) is 0 Å². The van der Waals surface area contributed by atoms with Crippen LogP contribution in [0.15, 0.2) is 0 Å². The van der Waals surface area contributed by atoms with Gasteiger partial charge in [0.15, 0.2) is 0 Å². The Morgan fingerprint density at radius 2 is 1.76 bits per heavy atom. The lowest BCUT2D eigenvalue weighted by molar-refractivity contribution is -0.127. The number of carbonyl (C=O) groups is 4. The third-order valence-corrected chi connectivity index (χ3v) is 8.18. The lowest BCUT2D eigenvalue weighted by Gasteiger charge is -2.56. The Bertz CT molecular complexity index is 732. The van der Waals surface area contributed by atoms with Gasteiger partial charge in [0, 0.05) is 17.9 Å². The first kappa shape index (κ1) is 24.0. The number of nitrogens with one attached hydrogen (secondary N) is 3. The maximum absolute atomic E-state index is 12.9. The monoisotopic (exact) mass is 461 g/mol. The molecule has 0 unspecified atom stereocenters. The van der Waals surface area contributed by atoms with Crippen LogP contribution in [0.25, 0.3) is 0 Å². The highest BCUT2D eigenvalue weighted by Crippen LogP contribution is 2.60. The Morgan fingerprint density at radius 3 is 2.27 bits per heavy atom. The van der Waals surface area contributed by atoms with Crippen molar-refractivity contribution in [2.75, 3.05) is 13.2 Å². The molecule has 0 aromatic heterocycles. The summed E-state index contributed by atoms with van der Waals surface area (Å²) in [7, 11) is 0. The van der Waals surface area contributed by atoms with Crippen LogP contribution in [0.4, 0.5) is 4.79 Å². The summed E-state index contributed by atoms with van der Waals surface area (Å²) >= 11 is 0. The summed E-state index contributed by atoms with van der Waals surface area (Å²) in [5, 5.41) is 8.21. The quantitative estimate of drug-likeness (QED) is 0.433. The normalized spacial score (nSPS) is 34.0. The minimum absolute atomic E-state index is 0.0822. The molecule has 3 N–H and O–H groups in total. The fraction of sp³-hybridized carbons (Fsp3) is 0.840. The van der Waals surface area contributed by atoms with Crippen molar-refractivity contribution in [2.24, 2.45) is 35.0 Å². The van der Waals surface area contributed by atoms with E-state index in [0.717, 1.165) is 37.0 Å². The van der Waals surface area contributed by atoms with E-state index in [9.17, 15) is 19.2 Å². The van der Waals surface area contributed by atoms with Crippen LogP contribution in [0.2, 0.25) is 0 Å². The van der Waals surface area contributed by atoms with E-state index in [1.54, 1.807) is 0 Å². The smallest absolute Gasteiger partial charge is 0.407 e. The minimum atomic E-state index is -0.784. The highest BCUT2D eigenvalue weighted by Gasteiger charge is 2.51. The van der Waals surface area contributed by atoms with Crippen molar-refractivity contribution >= 4 is 24.2 Å². The van der Waals surface area contributed by atoms with E-state index in [1.807, 2.05) is 13.8 Å². The van der Waals surface area contributed by atoms with Crippen LogP contribution in [0.3, 0.4) is 0 Å². The van der Waals surface area contributed by atoms with E-state index in [0.29, 0.717) is 32.3 Å². The van der Waals surface area contributed by atoms with Crippen LogP contribution in [-0.4, -0.2) is 49.4 Å². The van der Waals surface area contributed by atoms with E-state index in [-0.39, 0.29) is 29.6 Å². The fourth-order valence-electron chi connectivity index (χ4n) is 7.18. The van der Waals surface area contributed by atoms with Crippen molar-refractivity contribution in [3.8, 4) is 0 Å². The topological polar surface area (TPSA) is 114 Å². The predicted molar refractivity (Wildman–Crippen MR) is 122 cm³/mol. The van der Waals surface area contributed by atoms with Gasteiger partial charge in [-0.2, -0.15) is 0 Å². The minimum Gasteiger partial charge on any atom is -0.449 e. The number of alkyl carbamates (subject to hydrolysis) is 1. The average Bonchev–Trinajstić information content (AvgIpc) is 3.14. The molecule has 8 heteroatoms. The molecule has 33 heavy (non-hydrogen) atoms. The zero-order chi connectivity index (χ0) is 23.6. The molecule has 4 saturated carbocycles. The fourth-order valence-corrected chi connectivity index (χ4v) is 7.18. The molecule has 8 nitrogen and oxygen atoms in total. The molecule has 0 aromatic carbocycles. The van der Waals surface area contributed by atoms with E-state index in [2.05, 4.69) is 16.0 Å². The molecule has 1 heterocycles. The molecule has 5 fully saturated rings. The van der Waals surface area contributed by atoms with Crippen LogP contribution in [0.1, 0.15) is 71.6 Å². The van der Waals surface area contributed by atoms with E-state index in [1.165, 1.54) is 19.3 Å². The largest absolute Gasteiger partial charge is 0.449 e. The van der Waals surface area contributed by atoms with Gasteiger partial charge in [0.05, 0.1) is 12.6 Å². The first-order valence-electron chi connectivity index (χ1n) is 12.7. The Morgan fingerprint density at radius 1 is 1.12 bits per heavy atom. The van der Waals surface area contributed by atoms with Gasteiger partial charge in [-0.05, 0) is 81.5 Å². The zero-order valence-corrected chi connectivity index (χ0v) is 19.9. The molecular formula is C25H39N3O5. The number of rotatable bonds is 10. The van der Waals surface area contributed by atoms with Crippen molar-refractivity contribution in [1.82, 2.24) is 16.0 Å². The molecule has 1 aliphatic heterocycles.